The number of nitrogens with zero attached hydrogens (tertiary/aromatic N) is 2. The van der Waals surface area contributed by atoms with Gasteiger partial charge in [-0.3, -0.25) is 4.79 Å². The molecule has 0 radical (unpaired) electrons. The maximum absolute atomic E-state index is 14.0. The molecular formula is C19H12F8N2O. The van der Waals surface area contributed by atoms with Crippen molar-refractivity contribution in [3.05, 3.63) is 75.0 Å². The fraction of sp³-hybridized carbons (Fsp3) is 0.263. The Morgan fingerprint density at radius 3 is 2.03 bits per heavy atom. The molecule has 1 unspecified atom stereocenters. The second-order valence-electron chi connectivity index (χ2n) is 6.62. The number of halogens is 8. The van der Waals surface area contributed by atoms with Gasteiger partial charge < -0.3 is 4.57 Å². The van der Waals surface area contributed by atoms with Crippen LogP contribution in [0.1, 0.15) is 23.6 Å². The maximum Gasteiger partial charge on any atom is 0.389 e. The van der Waals surface area contributed by atoms with E-state index < -0.39 is 70.8 Å². The molecule has 0 aliphatic rings. The van der Waals surface area contributed by atoms with Gasteiger partial charge in [-0.1, -0.05) is 12.1 Å². The van der Waals surface area contributed by atoms with Crippen LogP contribution in [0.4, 0.5) is 35.1 Å². The van der Waals surface area contributed by atoms with E-state index in [2.05, 4.69) is 4.98 Å². The average molecular weight is 436 g/mol. The first-order valence-corrected chi connectivity index (χ1v) is 8.45. The molecule has 3 rings (SSSR count). The number of alkyl halides is 3. The van der Waals surface area contributed by atoms with E-state index in [4.69, 9.17) is 0 Å². The monoisotopic (exact) mass is 436 g/mol. The summed E-state index contributed by atoms with van der Waals surface area (Å²) in [5.74, 6) is -13.5. The quantitative estimate of drug-likeness (QED) is 0.331. The minimum atomic E-state index is -4.91. The summed E-state index contributed by atoms with van der Waals surface area (Å²) in [4.78, 5) is 16.5. The van der Waals surface area contributed by atoms with Gasteiger partial charge in [-0.25, -0.2) is 26.9 Å². The molecule has 1 aromatic heterocycles. The molecule has 0 N–H and O–H groups in total. The summed E-state index contributed by atoms with van der Waals surface area (Å²) in [6.07, 6.45) is -7.94. The summed E-state index contributed by atoms with van der Waals surface area (Å²) < 4.78 is 109. The molecule has 2 aromatic carbocycles. The van der Waals surface area contributed by atoms with Crippen LogP contribution in [0.25, 0.3) is 11.0 Å². The molecule has 160 valence electrons. The van der Waals surface area contributed by atoms with Crippen molar-refractivity contribution in [3.8, 4) is 0 Å². The summed E-state index contributed by atoms with van der Waals surface area (Å²) in [6, 6.07) is 5.95. The smallest absolute Gasteiger partial charge is 0.308 e. The number of hydrogen-bond acceptors (Lipinski definition) is 2. The Labute approximate surface area is 163 Å². The van der Waals surface area contributed by atoms with Crippen LogP contribution in [-0.2, 0) is 13.5 Å². The summed E-state index contributed by atoms with van der Waals surface area (Å²) in [5.41, 5.74) is -2.71. The maximum atomic E-state index is 14.0. The third kappa shape index (κ3) is 3.88. The molecule has 30 heavy (non-hydrogen) atoms. The summed E-state index contributed by atoms with van der Waals surface area (Å²) in [6.45, 7) is 0. The van der Waals surface area contributed by atoms with E-state index in [0.717, 1.165) is 4.57 Å². The van der Waals surface area contributed by atoms with Crippen LogP contribution < -0.4 is 5.56 Å². The number of fused-ring (bicyclic) bond motifs is 1. The van der Waals surface area contributed by atoms with Crippen molar-refractivity contribution < 1.29 is 35.1 Å². The molecule has 0 fully saturated rings. The first kappa shape index (κ1) is 21.7. The van der Waals surface area contributed by atoms with Gasteiger partial charge >= 0.3 is 6.18 Å². The van der Waals surface area contributed by atoms with Gasteiger partial charge in [-0.15, -0.1) is 0 Å². The molecule has 3 aromatic rings. The third-order valence-corrected chi connectivity index (χ3v) is 4.62. The van der Waals surface area contributed by atoms with Crippen molar-refractivity contribution in [2.45, 2.75) is 24.9 Å². The lowest BCUT2D eigenvalue weighted by atomic mass is 9.91. The van der Waals surface area contributed by atoms with Crippen LogP contribution in [-0.4, -0.2) is 15.7 Å². The van der Waals surface area contributed by atoms with Gasteiger partial charge in [-0.05, 0) is 18.6 Å². The molecule has 1 heterocycles. The summed E-state index contributed by atoms with van der Waals surface area (Å²) >= 11 is 0. The predicted octanol–water partition coefficient (Wildman–Crippen LogP) is 4.91. The molecule has 0 aliphatic carbocycles. The molecule has 0 saturated heterocycles. The highest BCUT2D eigenvalue weighted by molar-refractivity contribution is 5.74. The molecule has 0 spiro atoms. The Morgan fingerprint density at radius 1 is 0.933 bits per heavy atom. The molecule has 0 aliphatic heterocycles. The van der Waals surface area contributed by atoms with E-state index in [1.165, 1.54) is 25.2 Å². The highest BCUT2D eigenvalue weighted by Gasteiger charge is 2.37. The van der Waals surface area contributed by atoms with Gasteiger partial charge in [0.25, 0.3) is 5.56 Å². The van der Waals surface area contributed by atoms with Gasteiger partial charge in [0.1, 0.15) is 5.69 Å². The van der Waals surface area contributed by atoms with Gasteiger partial charge in [0, 0.05) is 18.5 Å². The van der Waals surface area contributed by atoms with Crippen LogP contribution in [0, 0.1) is 29.1 Å². The number of aromatic nitrogens is 2. The van der Waals surface area contributed by atoms with Crippen LogP contribution in [0.15, 0.2) is 29.1 Å². The van der Waals surface area contributed by atoms with Crippen molar-refractivity contribution in [3.63, 3.8) is 0 Å². The Balaban J connectivity index is 2.21. The lowest BCUT2D eigenvalue weighted by Gasteiger charge is -2.20. The number of aryl methyl sites for hydroxylation is 1. The standard InChI is InChI=1S/C19H12F8N2O/c1-29-11-5-3-2-4-10(11)28-17(18(29)30)8(7-19(25,26)27)6-9-12(20)14(22)16(24)15(23)13(9)21/h2-5,8H,6-7H2,1H3. The number of para-hydroxylation sites is 2. The lowest BCUT2D eigenvalue weighted by molar-refractivity contribution is -0.139. The van der Waals surface area contributed by atoms with Crippen LogP contribution in [0.5, 0.6) is 0 Å². The van der Waals surface area contributed by atoms with Crippen molar-refractivity contribution in [2.24, 2.45) is 7.05 Å². The predicted molar refractivity (Wildman–Crippen MR) is 90.3 cm³/mol. The third-order valence-electron chi connectivity index (χ3n) is 4.62. The Kier molecular flexibility index (Phi) is 5.57. The number of rotatable bonds is 4. The lowest BCUT2D eigenvalue weighted by Crippen LogP contribution is -2.29. The fourth-order valence-electron chi connectivity index (χ4n) is 3.19. The minimum Gasteiger partial charge on any atom is -0.308 e. The van der Waals surface area contributed by atoms with Gasteiger partial charge in [-0.2, -0.15) is 13.2 Å². The zero-order valence-electron chi connectivity index (χ0n) is 15.1. The van der Waals surface area contributed by atoms with Gasteiger partial charge in [0.2, 0.25) is 5.82 Å². The highest BCUT2D eigenvalue weighted by Crippen LogP contribution is 2.34. The average Bonchev–Trinajstić information content (AvgIpc) is 2.69. The fourth-order valence-corrected chi connectivity index (χ4v) is 3.19. The summed E-state index contributed by atoms with van der Waals surface area (Å²) in [5, 5.41) is 0. The van der Waals surface area contributed by atoms with Crippen molar-refractivity contribution in [1.29, 1.82) is 0 Å². The number of benzene rings is 2. The topological polar surface area (TPSA) is 34.9 Å². The van der Waals surface area contributed by atoms with Crippen LogP contribution >= 0.6 is 0 Å². The summed E-state index contributed by atoms with van der Waals surface area (Å²) in [7, 11) is 1.26. The molecule has 0 amide bonds. The van der Waals surface area contributed by atoms with Crippen molar-refractivity contribution in [2.75, 3.05) is 0 Å². The Morgan fingerprint density at radius 2 is 1.47 bits per heavy atom. The van der Waals surface area contributed by atoms with Gasteiger partial charge in [0.15, 0.2) is 23.3 Å². The van der Waals surface area contributed by atoms with Gasteiger partial charge in [0.05, 0.1) is 17.5 Å². The molecule has 1 atom stereocenters. The van der Waals surface area contributed by atoms with Crippen molar-refractivity contribution in [1.82, 2.24) is 9.55 Å². The molecular weight excluding hydrogens is 424 g/mol. The van der Waals surface area contributed by atoms with E-state index in [1.54, 1.807) is 6.07 Å². The molecule has 0 bridgehead atoms. The molecule has 11 heteroatoms. The molecule has 3 nitrogen and oxygen atoms in total. The zero-order valence-corrected chi connectivity index (χ0v) is 15.1. The second kappa shape index (κ2) is 7.69. The Hall–Kier alpha value is -2.98. The van der Waals surface area contributed by atoms with E-state index in [0.29, 0.717) is 0 Å². The normalized spacial score (nSPS) is 13.1. The minimum absolute atomic E-state index is 0.124. The van der Waals surface area contributed by atoms with E-state index in [1.807, 2.05) is 0 Å². The molecule has 0 saturated carbocycles. The SMILES string of the molecule is Cn1c(=O)c(C(Cc2c(F)c(F)c(F)c(F)c2F)CC(F)(F)F)nc2ccccc21. The Bertz CT molecular complexity index is 1160. The first-order chi connectivity index (χ1) is 13.9. The second-order valence-corrected chi connectivity index (χ2v) is 6.62. The van der Waals surface area contributed by atoms with E-state index in [9.17, 15) is 39.9 Å². The number of hydrogen-bond donors (Lipinski definition) is 0. The van der Waals surface area contributed by atoms with Crippen molar-refractivity contribution >= 4 is 11.0 Å². The highest BCUT2D eigenvalue weighted by atomic mass is 19.4. The zero-order chi connectivity index (χ0) is 22.4. The van der Waals surface area contributed by atoms with E-state index >= 15 is 0 Å². The van der Waals surface area contributed by atoms with E-state index in [-0.39, 0.29) is 11.0 Å². The van der Waals surface area contributed by atoms with Crippen LogP contribution in [0.3, 0.4) is 0 Å². The van der Waals surface area contributed by atoms with Crippen LogP contribution in [0.2, 0.25) is 0 Å². The first-order valence-electron chi connectivity index (χ1n) is 8.45. The largest absolute Gasteiger partial charge is 0.389 e.